The number of hydrogen-bond acceptors (Lipinski definition) is 5. The van der Waals surface area contributed by atoms with Crippen LogP contribution in [0, 0.1) is 0 Å². The molecule has 1 aliphatic rings. The van der Waals surface area contributed by atoms with Crippen LogP contribution in [0.15, 0.2) is 22.7 Å². The van der Waals surface area contributed by atoms with Crippen molar-refractivity contribution in [3.63, 3.8) is 0 Å². The highest BCUT2D eigenvalue weighted by atomic mass is 32.1. The second-order valence-corrected chi connectivity index (χ2v) is 6.76. The first kappa shape index (κ1) is 17.7. The van der Waals surface area contributed by atoms with Crippen LogP contribution in [0.3, 0.4) is 0 Å². The molecule has 1 fully saturated rings. The van der Waals surface area contributed by atoms with Gasteiger partial charge < -0.3 is 15.9 Å². The Morgan fingerprint density at radius 1 is 1.35 bits per heavy atom. The zero-order valence-corrected chi connectivity index (χ0v) is 14.3. The molecular weight excluding hydrogens is 312 g/mol. The number of nitrogens with zero attached hydrogens (tertiary/aromatic N) is 2. The van der Waals surface area contributed by atoms with Crippen molar-refractivity contribution in [1.29, 1.82) is 0 Å². The van der Waals surface area contributed by atoms with E-state index in [9.17, 15) is 4.79 Å². The minimum atomic E-state index is -0.173. The smallest absolute Gasteiger partial charge is 0.260 e. The molecule has 0 unspecified atom stereocenters. The molecule has 0 aromatic carbocycles. The number of nitrogens with one attached hydrogen (secondary N) is 1. The molecule has 128 valence electrons. The Balaban J connectivity index is 1.57. The predicted octanol–water partition coefficient (Wildman–Crippen LogP) is 1.57. The average Bonchev–Trinajstić information content (AvgIpc) is 2.91. The van der Waals surface area contributed by atoms with E-state index in [2.05, 4.69) is 21.4 Å². The van der Waals surface area contributed by atoms with Gasteiger partial charge in [0.15, 0.2) is 12.4 Å². The molecule has 1 aliphatic heterocycles. The summed E-state index contributed by atoms with van der Waals surface area (Å²) < 4.78 is 0. The van der Waals surface area contributed by atoms with Gasteiger partial charge in [0.05, 0.1) is 6.54 Å². The van der Waals surface area contributed by atoms with E-state index in [0.29, 0.717) is 18.9 Å². The Morgan fingerprint density at radius 2 is 2.13 bits per heavy atom. The summed E-state index contributed by atoms with van der Waals surface area (Å²) in [6.45, 7) is 3.24. The number of amides is 1. The average molecular weight is 338 g/mol. The van der Waals surface area contributed by atoms with E-state index in [1.165, 1.54) is 30.6 Å². The van der Waals surface area contributed by atoms with E-state index >= 15 is 0 Å². The van der Waals surface area contributed by atoms with Gasteiger partial charge >= 0.3 is 0 Å². The summed E-state index contributed by atoms with van der Waals surface area (Å²) in [4.78, 5) is 20.2. The second-order valence-electron chi connectivity index (χ2n) is 5.73. The van der Waals surface area contributed by atoms with E-state index < -0.39 is 0 Å². The molecule has 1 aromatic heterocycles. The number of carbonyl (C=O) groups excluding carboxylic acids is 1. The van der Waals surface area contributed by atoms with Gasteiger partial charge in [0, 0.05) is 11.4 Å². The van der Waals surface area contributed by atoms with E-state index in [0.717, 1.165) is 19.5 Å². The number of carbonyl (C=O) groups is 1. The summed E-state index contributed by atoms with van der Waals surface area (Å²) in [5.74, 6) is 0.256. The van der Waals surface area contributed by atoms with Crippen molar-refractivity contribution >= 4 is 23.1 Å². The van der Waals surface area contributed by atoms with E-state index in [1.54, 1.807) is 11.3 Å². The summed E-state index contributed by atoms with van der Waals surface area (Å²) in [5, 5.41) is 8.68. The van der Waals surface area contributed by atoms with Crippen molar-refractivity contribution in [1.82, 2.24) is 10.2 Å². The lowest BCUT2D eigenvalue weighted by molar-refractivity contribution is -0.125. The number of nitrogens with two attached hydrogens (primary N) is 1. The number of thiophene rings is 1. The Bertz CT molecular complexity index is 482. The lowest BCUT2D eigenvalue weighted by Gasteiger charge is -2.18. The van der Waals surface area contributed by atoms with Crippen molar-refractivity contribution < 1.29 is 9.63 Å². The number of amidine groups is 1. The standard InChI is InChI=1S/C16H26N4O2S/c17-15(12-20-9-3-1-2-4-10-20)19-22-13-16(21)18-8-7-14-6-5-11-23-14/h5-6,11H,1-4,7-10,12-13H2,(H2,17,19)(H,18,21). The van der Waals surface area contributed by atoms with Crippen LogP contribution in [0.2, 0.25) is 0 Å². The molecular formula is C16H26N4O2S. The third kappa shape index (κ3) is 7.47. The second kappa shape index (κ2) is 10.2. The molecule has 23 heavy (non-hydrogen) atoms. The molecule has 3 N–H and O–H groups in total. The highest BCUT2D eigenvalue weighted by Crippen LogP contribution is 2.09. The number of likely N-dealkylation sites (tertiary alicyclic amines) is 1. The van der Waals surface area contributed by atoms with Gasteiger partial charge in [0.2, 0.25) is 0 Å². The molecule has 0 bridgehead atoms. The maximum absolute atomic E-state index is 11.6. The van der Waals surface area contributed by atoms with Crippen LogP contribution >= 0.6 is 11.3 Å². The SMILES string of the molecule is N/C(CN1CCCCCC1)=N/OCC(=O)NCCc1cccs1. The third-order valence-corrected chi connectivity index (χ3v) is 4.67. The fourth-order valence-electron chi connectivity index (χ4n) is 2.56. The van der Waals surface area contributed by atoms with E-state index in [1.807, 2.05) is 11.4 Å². The molecule has 1 saturated heterocycles. The molecule has 0 spiro atoms. The summed E-state index contributed by atoms with van der Waals surface area (Å²) in [6, 6.07) is 4.06. The highest BCUT2D eigenvalue weighted by molar-refractivity contribution is 7.09. The normalized spacial score (nSPS) is 16.8. The summed E-state index contributed by atoms with van der Waals surface area (Å²) in [6.07, 6.45) is 5.83. The number of oxime groups is 1. The zero-order chi connectivity index (χ0) is 16.3. The van der Waals surface area contributed by atoms with E-state index in [-0.39, 0.29) is 12.5 Å². The molecule has 0 atom stereocenters. The number of rotatable bonds is 8. The van der Waals surface area contributed by atoms with Crippen molar-refractivity contribution in [3.05, 3.63) is 22.4 Å². The molecule has 2 rings (SSSR count). The van der Waals surface area contributed by atoms with Crippen LogP contribution in [0.5, 0.6) is 0 Å². The Morgan fingerprint density at radius 3 is 2.83 bits per heavy atom. The van der Waals surface area contributed by atoms with Gasteiger partial charge in [-0.2, -0.15) is 0 Å². The van der Waals surface area contributed by atoms with Crippen LogP contribution in [-0.4, -0.2) is 49.4 Å². The number of hydrogen-bond donors (Lipinski definition) is 2. The summed E-state index contributed by atoms with van der Waals surface area (Å²) in [5.41, 5.74) is 5.86. The minimum Gasteiger partial charge on any atom is -0.384 e. The van der Waals surface area contributed by atoms with Crippen molar-refractivity contribution in [2.45, 2.75) is 32.1 Å². The molecule has 1 amide bonds. The monoisotopic (exact) mass is 338 g/mol. The minimum absolute atomic E-state index is 0.0921. The first-order chi connectivity index (χ1) is 11.2. The maximum atomic E-state index is 11.6. The molecule has 0 aliphatic carbocycles. The van der Waals surface area contributed by atoms with Gasteiger partial charge in [-0.25, -0.2) is 0 Å². The van der Waals surface area contributed by atoms with Gasteiger partial charge in [-0.1, -0.05) is 24.1 Å². The Hall–Kier alpha value is -1.60. The van der Waals surface area contributed by atoms with Crippen LogP contribution < -0.4 is 11.1 Å². The van der Waals surface area contributed by atoms with Gasteiger partial charge in [-0.15, -0.1) is 11.3 Å². The van der Waals surface area contributed by atoms with Gasteiger partial charge in [0.1, 0.15) is 0 Å². The Labute approximate surface area is 141 Å². The van der Waals surface area contributed by atoms with Crippen LogP contribution in [0.25, 0.3) is 0 Å². The quantitative estimate of drug-likeness (QED) is 0.428. The van der Waals surface area contributed by atoms with Crippen molar-refractivity contribution in [2.75, 3.05) is 32.8 Å². The summed E-state index contributed by atoms with van der Waals surface area (Å²) in [7, 11) is 0. The van der Waals surface area contributed by atoms with Gasteiger partial charge in [-0.05, 0) is 43.8 Å². The fourth-order valence-corrected chi connectivity index (χ4v) is 3.27. The molecule has 0 radical (unpaired) electrons. The lowest BCUT2D eigenvalue weighted by atomic mass is 10.2. The molecule has 0 saturated carbocycles. The molecule has 6 nitrogen and oxygen atoms in total. The lowest BCUT2D eigenvalue weighted by Crippen LogP contribution is -2.35. The van der Waals surface area contributed by atoms with Gasteiger partial charge in [0.25, 0.3) is 5.91 Å². The topological polar surface area (TPSA) is 79.9 Å². The van der Waals surface area contributed by atoms with E-state index in [4.69, 9.17) is 10.6 Å². The fraction of sp³-hybridized carbons (Fsp3) is 0.625. The largest absolute Gasteiger partial charge is 0.384 e. The first-order valence-electron chi connectivity index (χ1n) is 8.20. The zero-order valence-electron chi connectivity index (χ0n) is 13.5. The molecule has 7 heteroatoms. The summed E-state index contributed by atoms with van der Waals surface area (Å²) >= 11 is 1.69. The highest BCUT2D eigenvalue weighted by Gasteiger charge is 2.10. The van der Waals surface area contributed by atoms with Crippen LogP contribution in [0.1, 0.15) is 30.6 Å². The van der Waals surface area contributed by atoms with Crippen molar-refractivity contribution in [3.8, 4) is 0 Å². The molecule has 2 heterocycles. The van der Waals surface area contributed by atoms with Crippen LogP contribution in [0.4, 0.5) is 0 Å². The third-order valence-electron chi connectivity index (χ3n) is 3.74. The Kier molecular flexibility index (Phi) is 7.89. The molecule has 1 aromatic rings. The van der Waals surface area contributed by atoms with Gasteiger partial charge in [-0.3, -0.25) is 9.69 Å². The predicted molar refractivity (Wildman–Crippen MR) is 93.5 cm³/mol. The van der Waals surface area contributed by atoms with Crippen molar-refractivity contribution in [2.24, 2.45) is 10.9 Å². The first-order valence-corrected chi connectivity index (χ1v) is 9.08. The van der Waals surface area contributed by atoms with Crippen LogP contribution in [-0.2, 0) is 16.1 Å². The maximum Gasteiger partial charge on any atom is 0.260 e.